The fourth-order valence-corrected chi connectivity index (χ4v) is 2.47. The molecule has 2 heteroatoms. The maximum absolute atomic E-state index is 12.2. The Morgan fingerprint density at radius 1 is 1.12 bits per heavy atom. The van der Waals surface area contributed by atoms with Crippen molar-refractivity contribution in [2.24, 2.45) is 0 Å². The van der Waals surface area contributed by atoms with Crippen molar-refractivity contribution in [2.45, 2.75) is 71.3 Å². The number of carbonyl (C=O) groups excluding carboxylic acids is 1. The number of hydrogen-bond acceptors (Lipinski definition) is 2. The van der Waals surface area contributed by atoms with Crippen LogP contribution in [0.4, 0.5) is 0 Å². The molecule has 0 atom stereocenters. The third-order valence-corrected chi connectivity index (χ3v) is 3.84. The molecule has 1 saturated heterocycles. The molecule has 0 bridgehead atoms. The number of unbranched alkanes of at least 4 members (excludes halogenated alkanes) is 3. The molecule has 1 aliphatic heterocycles. The number of Topliss-reactive ketones (excluding diaryl/α,β-unsaturated/α-hetero) is 1. The molecule has 2 nitrogen and oxygen atoms in total. The number of ketones is 1. The Morgan fingerprint density at radius 2 is 1.75 bits per heavy atom. The molecule has 1 fully saturated rings. The minimum absolute atomic E-state index is 0.220. The molecule has 0 amide bonds. The van der Waals surface area contributed by atoms with E-state index < -0.39 is 0 Å². The van der Waals surface area contributed by atoms with Crippen LogP contribution in [0.15, 0.2) is 0 Å². The van der Waals surface area contributed by atoms with Crippen molar-refractivity contribution in [3.63, 3.8) is 0 Å². The van der Waals surface area contributed by atoms with Crippen LogP contribution in [-0.4, -0.2) is 29.3 Å². The lowest BCUT2D eigenvalue weighted by Crippen LogP contribution is -2.48. The van der Waals surface area contributed by atoms with Crippen LogP contribution >= 0.6 is 0 Å². The molecule has 0 aromatic rings. The highest BCUT2D eigenvalue weighted by molar-refractivity contribution is 5.87. The van der Waals surface area contributed by atoms with Gasteiger partial charge in [-0.25, -0.2) is 0 Å². The van der Waals surface area contributed by atoms with Crippen molar-refractivity contribution in [3.05, 3.63) is 0 Å². The summed E-state index contributed by atoms with van der Waals surface area (Å²) in [5.41, 5.74) is -0.220. The quantitative estimate of drug-likeness (QED) is 0.619. The topological polar surface area (TPSA) is 20.3 Å². The Balaban J connectivity index is 2.32. The van der Waals surface area contributed by atoms with Gasteiger partial charge in [-0.1, -0.05) is 26.2 Å². The van der Waals surface area contributed by atoms with Gasteiger partial charge in [0.15, 0.2) is 5.78 Å². The lowest BCUT2D eigenvalue weighted by molar-refractivity contribution is -0.129. The van der Waals surface area contributed by atoms with Gasteiger partial charge in [-0.15, -0.1) is 0 Å². The van der Waals surface area contributed by atoms with Gasteiger partial charge in [0.25, 0.3) is 0 Å². The molecular formula is C14H27NO. The first kappa shape index (κ1) is 13.7. The molecule has 94 valence electrons. The highest BCUT2D eigenvalue weighted by Gasteiger charge is 2.34. The molecule has 1 rings (SSSR count). The van der Waals surface area contributed by atoms with Crippen LogP contribution in [0.3, 0.4) is 0 Å². The summed E-state index contributed by atoms with van der Waals surface area (Å²) in [7, 11) is 0. The lowest BCUT2D eigenvalue weighted by Gasteiger charge is -2.34. The van der Waals surface area contributed by atoms with E-state index in [0.29, 0.717) is 5.78 Å². The van der Waals surface area contributed by atoms with Crippen LogP contribution in [0, 0.1) is 0 Å². The van der Waals surface area contributed by atoms with E-state index in [1.165, 1.54) is 32.1 Å². The minimum atomic E-state index is -0.220. The average Bonchev–Trinajstić information content (AvgIpc) is 2.77. The summed E-state index contributed by atoms with van der Waals surface area (Å²) in [6, 6.07) is 0. The molecule has 0 radical (unpaired) electrons. The summed E-state index contributed by atoms with van der Waals surface area (Å²) >= 11 is 0. The van der Waals surface area contributed by atoms with Crippen LogP contribution in [0.5, 0.6) is 0 Å². The number of likely N-dealkylation sites (tertiary alicyclic amines) is 1. The van der Waals surface area contributed by atoms with Crippen molar-refractivity contribution in [1.82, 2.24) is 4.90 Å². The first-order valence-corrected chi connectivity index (χ1v) is 6.87. The fourth-order valence-electron chi connectivity index (χ4n) is 2.47. The zero-order valence-electron chi connectivity index (χ0n) is 11.2. The van der Waals surface area contributed by atoms with Gasteiger partial charge in [-0.3, -0.25) is 9.69 Å². The normalized spacial score (nSPS) is 17.9. The van der Waals surface area contributed by atoms with Gasteiger partial charge in [0.2, 0.25) is 0 Å². The Labute approximate surface area is 100 Å². The first-order valence-electron chi connectivity index (χ1n) is 6.87. The Hall–Kier alpha value is -0.370. The summed E-state index contributed by atoms with van der Waals surface area (Å²) in [6.07, 6.45) is 8.06. The standard InChI is InChI=1S/C14H27NO/c1-4-5-6-7-10-13(16)14(2,3)15-11-8-9-12-15/h4-12H2,1-3H3. The summed E-state index contributed by atoms with van der Waals surface area (Å²) < 4.78 is 0. The largest absolute Gasteiger partial charge is 0.298 e. The molecule has 0 aromatic carbocycles. The van der Waals surface area contributed by atoms with Crippen LogP contribution < -0.4 is 0 Å². The molecule has 16 heavy (non-hydrogen) atoms. The number of carbonyl (C=O) groups is 1. The predicted octanol–water partition coefficient (Wildman–Crippen LogP) is 3.40. The molecule has 0 saturated carbocycles. The maximum Gasteiger partial charge on any atom is 0.152 e. The molecule has 1 aliphatic rings. The molecule has 0 aromatic heterocycles. The van der Waals surface area contributed by atoms with E-state index >= 15 is 0 Å². The smallest absolute Gasteiger partial charge is 0.152 e. The second-order valence-electron chi connectivity index (χ2n) is 5.49. The summed E-state index contributed by atoms with van der Waals surface area (Å²) in [5.74, 6) is 0.436. The van der Waals surface area contributed by atoms with Gasteiger partial charge >= 0.3 is 0 Å². The van der Waals surface area contributed by atoms with Crippen molar-refractivity contribution in [1.29, 1.82) is 0 Å². The van der Waals surface area contributed by atoms with Crippen LogP contribution in [-0.2, 0) is 4.79 Å². The molecule has 0 unspecified atom stereocenters. The van der Waals surface area contributed by atoms with Crippen molar-refractivity contribution >= 4 is 5.78 Å². The number of rotatable bonds is 7. The predicted molar refractivity (Wildman–Crippen MR) is 68.7 cm³/mol. The van der Waals surface area contributed by atoms with Gasteiger partial charge in [-0.05, 0) is 46.2 Å². The molecule has 0 N–H and O–H groups in total. The van der Waals surface area contributed by atoms with Gasteiger partial charge in [0.05, 0.1) is 5.54 Å². The van der Waals surface area contributed by atoms with E-state index in [1.54, 1.807) is 0 Å². The molecular weight excluding hydrogens is 198 g/mol. The molecule has 0 spiro atoms. The van der Waals surface area contributed by atoms with E-state index in [9.17, 15) is 4.79 Å². The monoisotopic (exact) mass is 225 g/mol. The van der Waals surface area contributed by atoms with E-state index in [0.717, 1.165) is 25.9 Å². The van der Waals surface area contributed by atoms with Crippen LogP contribution in [0.1, 0.15) is 65.7 Å². The number of nitrogens with zero attached hydrogens (tertiary/aromatic N) is 1. The van der Waals surface area contributed by atoms with Gasteiger partial charge in [-0.2, -0.15) is 0 Å². The zero-order chi connectivity index (χ0) is 12.0. The second kappa shape index (κ2) is 6.39. The first-order chi connectivity index (χ1) is 7.59. The highest BCUT2D eigenvalue weighted by Crippen LogP contribution is 2.23. The summed E-state index contributed by atoms with van der Waals surface area (Å²) in [5, 5.41) is 0. The van der Waals surface area contributed by atoms with Crippen molar-refractivity contribution in [3.8, 4) is 0 Å². The summed E-state index contributed by atoms with van der Waals surface area (Å²) in [4.78, 5) is 14.5. The lowest BCUT2D eigenvalue weighted by atomic mass is 9.93. The SMILES string of the molecule is CCCCCCC(=O)C(C)(C)N1CCCC1. The third kappa shape index (κ3) is 3.58. The third-order valence-electron chi connectivity index (χ3n) is 3.84. The molecule has 1 heterocycles. The Bertz CT molecular complexity index is 217. The van der Waals surface area contributed by atoms with Gasteiger partial charge in [0.1, 0.15) is 0 Å². The van der Waals surface area contributed by atoms with Crippen molar-refractivity contribution in [2.75, 3.05) is 13.1 Å². The minimum Gasteiger partial charge on any atom is -0.298 e. The highest BCUT2D eigenvalue weighted by atomic mass is 16.1. The van der Waals surface area contributed by atoms with E-state index in [2.05, 4.69) is 25.7 Å². The Morgan fingerprint density at radius 3 is 2.31 bits per heavy atom. The van der Waals surface area contributed by atoms with Gasteiger partial charge < -0.3 is 0 Å². The second-order valence-corrected chi connectivity index (χ2v) is 5.49. The summed E-state index contributed by atoms with van der Waals surface area (Å²) in [6.45, 7) is 8.61. The number of hydrogen-bond donors (Lipinski definition) is 0. The van der Waals surface area contributed by atoms with Crippen LogP contribution in [0.25, 0.3) is 0 Å². The Kier molecular flexibility index (Phi) is 5.47. The zero-order valence-corrected chi connectivity index (χ0v) is 11.2. The van der Waals surface area contributed by atoms with Crippen molar-refractivity contribution < 1.29 is 4.79 Å². The molecule has 0 aliphatic carbocycles. The van der Waals surface area contributed by atoms with Gasteiger partial charge in [0, 0.05) is 6.42 Å². The maximum atomic E-state index is 12.2. The van der Waals surface area contributed by atoms with Crippen LogP contribution in [0.2, 0.25) is 0 Å². The van der Waals surface area contributed by atoms with E-state index in [4.69, 9.17) is 0 Å². The fraction of sp³-hybridized carbons (Fsp3) is 0.929. The average molecular weight is 225 g/mol. The van der Waals surface area contributed by atoms with E-state index in [1.807, 2.05) is 0 Å². The van der Waals surface area contributed by atoms with E-state index in [-0.39, 0.29) is 5.54 Å².